The van der Waals surface area contributed by atoms with Gasteiger partial charge in [-0.25, -0.2) is 4.79 Å². The third-order valence-corrected chi connectivity index (χ3v) is 7.58. The first kappa shape index (κ1) is 25.2. The summed E-state index contributed by atoms with van der Waals surface area (Å²) in [5, 5.41) is 8.37. The molecule has 1 atom stereocenters. The van der Waals surface area contributed by atoms with E-state index < -0.39 is 11.9 Å². The number of methoxy groups -OCH3 is 1. The lowest BCUT2D eigenvalue weighted by atomic mass is 9.68. The Morgan fingerprint density at radius 1 is 1.14 bits per heavy atom. The lowest BCUT2D eigenvalue weighted by molar-refractivity contribution is -0.136. The fraction of sp³-hybridized carbons (Fsp3) is 0.300. The summed E-state index contributed by atoms with van der Waals surface area (Å²) in [7, 11) is 1.38. The molecule has 2 heterocycles. The fourth-order valence-corrected chi connectivity index (χ4v) is 5.72. The van der Waals surface area contributed by atoms with Gasteiger partial charge in [0.15, 0.2) is 5.78 Å². The summed E-state index contributed by atoms with van der Waals surface area (Å²) in [6.45, 7) is 6.64. The number of carbonyl (C=O) groups excluding carboxylic acids is 2. The van der Waals surface area contributed by atoms with Gasteiger partial charge < -0.3 is 10.1 Å². The van der Waals surface area contributed by atoms with Crippen LogP contribution in [0.3, 0.4) is 0 Å². The molecule has 7 heteroatoms. The number of ketones is 1. The summed E-state index contributed by atoms with van der Waals surface area (Å²) in [4.78, 5) is 26.8. The van der Waals surface area contributed by atoms with E-state index in [1.165, 1.54) is 7.11 Å². The molecule has 0 radical (unpaired) electrons. The summed E-state index contributed by atoms with van der Waals surface area (Å²) in [5.41, 5.74) is 6.13. The lowest BCUT2D eigenvalue weighted by Gasteiger charge is -2.39. The number of halogens is 1. The third kappa shape index (κ3) is 4.92. The van der Waals surface area contributed by atoms with E-state index in [4.69, 9.17) is 9.84 Å². The van der Waals surface area contributed by atoms with Gasteiger partial charge in [-0.05, 0) is 36.5 Å². The number of Topliss-reactive ketones (excluding diaryl/α,β-unsaturated/α-hetero) is 1. The number of benzene rings is 2. The molecular weight excluding hydrogens is 530 g/mol. The van der Waals surface area contributed by atoms with Crippen LogP contribution in [0.4, 0.5) is 0 Å². The molecule has 5 rings (SSSR count). The molecule has 3 aromatic rings. The first-order chi connectivity index (χ1) is 17.7. The number of nitrogens with zero attached hydrogens (tertiary/aromatic N) is 2. The largest absolute Gasteiger partial charge is 0.466 e. The van der Waals surface area contributed by atoms with Crippen LogP contribution in [0.2, 0.25) is 0 Å². The summed E-state index contributed by atoms with van der Waals surface area (Å²) < 4.78 is 8.13. The number of ether oxygens (including phenoxy) is 1. The van der Waals surface area contributed by atoms with Crippen LogP contribution in [0.25, 0.3) is 11.3 Å². The van der Waals surface area contributed by atoms with E-state index in [1.54, 1.807) is 0 Å². The number of nitrogens with one attached hydrogen (secondary N) is 1. The molecule has 1 aromatic heterocycles. The van der Waals surface area contributed by atoms with Crippen molar-refractivity contribution in [3.63, 3.8) is 0 Å². The number of hydrogen-bond donors (Lipinski definition) is 1. The van der Waals surface area contributed by atoms with Gasteiger partial charge in [-0.2, -0.15) is 5.10 Å². The Morgan fingerprint density at radius 3 is 2.51 bits per heavy atom. The number of dihydropyridines is 1. The maximum Gasteiger partial charge on any atom is 0.336 e. The average Bonchev–Trinajstić information content (AvgIpc) is 3.27. The number of esters is 1. The minimum absolute atomic E-state index is 0.0531. The highest BCUT2D eigenvalue weighted by molar-refractivity contribution is 9.10. The molecule has 0 amide bonds. The zero-order valence-electron chi connectivity index (χ0n) is 21.5. The van der Waals surface area contributed by atoms with Crippen LogP contribution in [-0.2, 0) is 20.9 Å². The number of allylic oxidation sites excluding steroid dienone is 3. The van der Waals surface area contributed by atoms with Gasteiger partial charge in [-0.1, -0.05) is 72.2 Å². The zero-order chi connectivity index (χ0) is 26.3. The van der Waals surface area contributed by atoms with E-state index in [0.717, 1.165) is 39.0 Å². The fourth-order valence-electron chi connectivity index (χ4n) is 5.45. The smallest absolute Gasteiger partial charge is 0.336 e. The van der Waals surface area contributed by atoms with E-state index >= 15 is 0 Å². The summed E-state index contributed by atoms with van der Waals surface area (Å²) >= 11 is 3.49. The highest BCUT2D eigenvalue weighted by atomic mass is 79.9. The average molecular weight is 560 g/mol. The number of hydrogen-bond acceptors (Lipinski definition) is 5. The highest BCUT2D eigenvalue weighted by Crippen LogP contribution is 2.48. The molecule has 1 aliphatic heterocycles. The van der Waals surface area contributed by atoms with Crippen LogP contribution in [0.15, 0.2) is 87.8 Å². The molecule has 0 bridgehead atoms. The second-order valence-electron chi connectivity index (χ2n) is 10.5. The van der Waals surface area contributed by atoms with Crippen molar-refractivity contribution in [2.75, 3.05) is 7.11 Å². The maximum atomic E-state index is 13.7. The van der Waals surface area contributed by atoms with Gasteiger partial charge in [0.25, 0.3) is 0 Å². The van der Waals surface area contributed by atoms with E-state index in [-0.39, 0.29) is 11.2 Å². The topological polar surface area (TPSA) is 73.2 Å². The second-order valence-corrected chi connectivity index (χ2v) is 11.5. The molecule has 0 fully saturated rings. The predicted molar refractivity (Wildman–Crippen MR) is 147 cm³/mol. The molecule has 1 N–H and O–H groups in total. The van der Waals surface area contributed by atoms with Gasteiger partial charge >= 0.3 is 5.97 Å². The van der Waals surface area contributed by atoms with Crippen LogP contribution in [0.5, 0.6) is 0 Å². The van der Waals surface area contributed by atoms with Crippen LogP contribution in [0.1, 0.15) is 50.7 Å². The van der Waals surface area contributed by atoms with Crippen LogP contribution in [0, 0.1) is 5.41 Å². The van der Waals surface area contributed by atoms with Crippen molar-refractivity contribution < 1.29 is 14.3 Å². The summed E-state index contributed by atoms with van der Waals surface area (Å²) in [6, 6.07) is 18.0. The predicted octanol–water partition coefficient (Wildman–Crippen LogP) is 6.14. The number of aromatic nitrogens is 2. The van der Waals surface area contributed by atoms with E-state index in [2.05, 4.69) is 47.2 Å². The molecule has 0 spiro atoms. The monoisotopic (exact) mass is 559 g/mol. The van der Waals surface area contributed by atoms with Crippen molar-refractivity contribution in [2.45, 2.75) is 46.1 Å². The van der Waals surface area contributed by atoms with Crippen LogP contribution >= 0.6 is 15.9 Å². The van der Waals surface area contributed by atoms with E-state index in [9.17, 15) is 9.59 Å². The Bertz CT molecular complexity index is 1430. The standard InChI is InChI=1S/C30H30BrN3O3/c1-18-25(29(36)37-4)26(27-23(32-18)14-30(2,3)15-24(27)35)22-17-34(16-19-10-12-21(31)13-11-19)33-28(22)20-8-6-5-7-9-20/h5-13,17,26,32H,14-16H2,1-4H3/t26-/m1/s1. The number of carbonyl (C=O) groups is 2. The molecule has 0 saturated heterocycles. The normalized spacial score (nSPS) is 18.9. The van der Waals surface area contributed by atoms with Crippen molar-refractivity contribution in [1.29, 1.82) is 0 Å². The van der Waals surface area contributed by atoms with Gasteiger partial charge in [-0.3, -0.25) is 9.48 Å². The third-order valence-electron chi connectivity index (χ3n) is 7.05. The summed E-state index contributed by atoms with van der Waals surface area (Å²) in [5.74, 6) is -0.961. The molecule has 6 nitrogen and oxygen atoms in total. The van der Waals surface area contributed by atoms with Gasteiger partial charge in [-0.15, -0.1) is 0 Å². The van der Waals surface area contributed by atoms with E-state index in [1.807, 2.05) is 60.3 Å². The molecule has 1 aliphatic carbocycles. The van der Waals surface area contributed by atoms with Crippen molar-refractivity contribution in [2.24, 2.45) is 5.41 Å². The van der Waals surface area contributed by atoms with Gasteiger partial charge in [0.1, 0.15) is 0 Å². The quantitative estimate of drug-likeness (QED) is 0.380. The molecule has 0 saturated carbocycles. The summed E-state index contributed by atoms with van der Waals surface area (Å²) in [6.07, 6.45) is 3.13. The Balaban J connectivity index is 1.71. The number of rotatable bonds is 5. The highest BCUT2D eigenvalue weighted by Gasteiger charge is 2.44. The molecule has 190 valence electrons. The molecule has 2 aromatic carbocycles. The van der Waals surface area contributed by atoms with Crippen molar-refractivity contribution in [3.8, 4) is 11.3 Å². The zero-order valence-corrected chi connectivity index (χ0v) is 23.1. The van der Waals surface area contributed by atoms with Crippen molar-refractivity contribution in [3.05, 3.63) is 98.9 Å². The second kappa shape index (κ2) is 9.78. The van der Waals surface area contributed by atoms with Crippen LogP contribution in [-0.4, -0.2) is 28.6 Å². The van der Waals surface area contributed by atoms with Gasteiger partial charge in [0.2, 0.25) is 0 Å². The Morgan fingerprint density at radius 2 is 1.84 bits per heavy atom. The lowest BCUT2D eigenvalue weighted by Crippen LogP contribution is -2.38. The molecule has 2 aliphatic rings. The first-order valence-electron chi connectivity index (χ1n) is 12.4. The minimum Gasteiger partial charge on any atom is -0.466 e. The van der Waals surface area contributed by atoms with Gasteiger partial charge in [0.05, 0.1) is 30.8 Å². The Hall–Kier alpha value is -3.45. The van der Waals surface area contributed by atoms with Gasteiger partial charge in [0, 0.05) is 45.2 Å². The van der Waals surface area contributed by atoms with Crippen LogP contribution < -0.4 is 5.32 Å². The SMILES string of the molecule is COC(=O)C1=C(C)NC2=C(C(=O)CC(C)(C)C2)[C@@H]1c1cn(Cc2ccc(Br)cc2)nc1-c1ccccc1. The Labute approximate surface area is 225 Å². The van der Waals surface area contributed by atoms with Crippen molar-refractivity contribution in [1.82, 2.24) is 15.1 Å². The maximum absolute atomic E-state index is 13.7. The molecular formula is C30H30BrN3O3. The minimum atomic E-state index is -0.568. The first-order valence-corrected chi connectivity index (χ1v) is 13.2. The van der Waals surface area contributed by atoms with Crippen molar-refractivity contribution >= 4 is 27.7 Å². The Kier molecular flexibility index (Phi) is 6.67. The van der Waals surface area contributed by atoms with E-state index in [0.29, 0.717) is 29.8 Å². The molecule has 0 unspecified atom stereocenters. The molecule has 37 heavy (non-hydrogen) atoms.